The van der Waals surface area contributed by atoms with Crippen LogP contribution in [0, 0.1) is 0 Å². The Hall–Kier alpha value is -1.93. The molecule has 0 bridgehead atoms. The summed E-state index contributed by atoms with van der Waals surface area (Å²) in [7, 11) is 0. The lowest BCUT2D eigenvalue weighted by atomic mass is 10.1. The molecule has 0 spiro atoms. The van der Waals surface area contributed by atoms with Crippen molar-refractivity contribution in [3.63, 3.8) is 0 Å². The fourth-order valence-electron chi connectivity index (χ4n) is 2.53. The standard InChI is InChI=1S/C12H18N6O2/c13-12-15-10-9(7-14-17-10)11(16-12)18-3-1-8(2-4-18)20-6-5-19/h7-8,19H,1-6H2,(H3,13,14,15,16,17). The number of hydrogen-bond acceptors (Lipinski definition) is 7. The van der Waals surface area contributed by atoms with Crippen molar-refractivity contribution in [2.75, 3.05) is 36.9 Å². The topological polar surface area (TPSA) is 113 Å². The number of piperidine rings is 1. The van der Waals surface area contributed by atoms with Crippen LogP contribution in [0.25, 0.3) is 11.0 Å². The second kappa shape index (κ2) is 5.59. The molecule has 8 heteroatoms. The zero-order valence-electron chi connectivity index (χ0n) is 11.1. The summed E-state index contributed by atoms with van der Waals surface area (Å²) in [6.07, 6.45) is 3.74. The Morgan fingerprint density at radius 3 is 2.95 bits per heavy atom. The minimum absolute atomic E-state index is 0.0678. The van der Waals surface area contributed by atoms with E-state index in [1.54, 1.807) is 6.20 Å². The van der Waals surface area contributed by atoms with E-state index in [1.165, 1.54) is 0 Å². The average molecular weight is 278 g/mol. The molecule has 2 aromatic rings. The third kappa shape index (κ3) is 2.52. The second-order valence-electron chi connectivity index (χ2n) is 4.82. The lowest BCUT2D eigenvalue weighted by molar-refractivity contribution is 0.0158. The Bertz CT molecular complexity index is 578. The predicted octanol–water partition coefficient (Wildman–Crippen LogP) is -0.0872. The molecular formula is C12H18N6O2. The SMILES string of the molecule is Nc1nc(N2CCC(OCCO)CC2)c2cn[nH]c2n1. The molecule has 1 saturated heterocycles. The molecule has 1 fully saturated rings. The van der Waals surface area contributed by atoms with Gasteiger partial charge < -0.3 is 20.5 Å². The van der Waals surface area contributed by atoms with Crippen LogP contribution < -0.4 is 10.6 Å². The maximum Gasteiger partial charge on any atom is 0.224 e. The summed E-state index contributed by atoms with van der Waals surface area (Å²) in [5, 5.41) is 16.5. The maximum absolute atomic E-state index is 8.78. The molecule has 2 aromatic heterocycles. The zero-order valence-corrected chi connectivity index (χ0v) is 11.1. The van der Waals surface area contributed by atoms with Crippen molar-refractivity contribution in [2.45, 2.75) is 18.9 Å². The number of nitrogens with zero attached hydrogens (tertiary/aromatic N) is 4. The van der Waals surface area contributed by atoms with Gasteiger partial charge in [-0.05, 0) is 12.8 Å². The van der Waals surface area contributed by atoms with Gasteiger partial charge in [0.1, 0.15) is 5.82 Å². The summed E-state index contributed by atoms with van der Waals surface area (Å²) < 4.78 is 5.56. The highest BCUT2D eigenvalue weighted by atomic mass is 16.5. The van der Waals surface area contributed by atoms with Gasteiger partial charge in [-0.3, -0.25) is 5.10 Å². The van der Waals surface area contributed by atoms with Crippen LogP contribution >= 0.6 is 0 Å². The average Bonchev–Trinajstić information content (AvgIpc) is 2.93. The molecule has 0 aliphatic carbocycles. The zero-order chi connectivity index (χ0) is 13.9. The van der Waals surface area contributed by atoms with Crippen LogP contribution in [0.5, 0.6) is 0 Å². The number of nitrogens with one attached hydrogen (secondary N) is 1. The third-order valence-corrected chi connectivity index (χ3v) is 3.49. The molecule has 4 N–H and O–H groups in total. The van der Waals surface area contributed by atoms with Gasteiger partial charge in [-0.1, -0.05) is 0 Å². The minimum Gasteiger partial charge on any atom is -0.394 e. The molecule has 0 aromatic carbocycles. The van der Waals surface area contributed by atoms with Crippen molar-refractivity contribution in [2.24, 2.45) is 0 Å². The van der Waals surface area contributed by atoms with E-state index >= 15 is 0 Å². The summed E-state index contributed by atoms with van der Waals surface area (Å²) in [6, 6.07) is 0. The highest BCUT2D eigenvalue weighted by Gasteiger charge is 2.23. The van der Waals surface area contributed by atoms with Crippen molar-refractivity contribution in [3.05, 3.63) is 6.20 Å². The first-order valence-electron chi connectivity index (χ1n) is 6.72. The number of nitrogen functional groups attached to an aromatic ring is 1. The van der Waals surface area contributed by atoms with Gasteiger partial charge in [-0.25, -0.2) is 0 Å². The second-order valence-corrected chi connectivity index (χ2v) is 4.82. The lowest BCUT2D eigenvalue weighted by Crippen LogP contribution is -2.38. The largest absolute Gasteiger partial charge is 0.394 e. The monoisotopic (exact) mass is 278 g/mol. The van der Waals surface area contributed by atoms with E-state index in [9.17, 15) is 0 Å². The lowest BCUT2D eigenvalue weighted by Gasteiger charge is -2.32. The molecule has 0 amide bonds. The Morgan fingerprint density at radius 1 is 1.40 bits per heavy atom. The van der Waals surface area contributed by atoms with Crippen molar-refractivity contribution >= 4 is 22.8 Å². The van der Waals surface area contributed by atoms with E-state index in [-0.39, 0.29) is 18.7 Å². The number of fused-ring (bicyclic) bond motifs is 1. The molecule has 3 rings (SSSR count). The molecule has 1 aliphatic rings. The number of H-pyrrole nitrogens is 1. The summed E-state index contributed by atoms with van der Waals surface area (Å²) in [5.74, 6) is 1.07. The number of aliphatic hydroxyl groups is 1. The highest BCUT2D eigenvalue weighted by Crippen LogP contribution is 2.26. The Labute approximate surface area is 116 Å². The molecule has 0 saturated carbocycles. The van der Waals surface area contributed by atoms with Crippen LogP contribution in [0.4, 0.5) is 11.8 Å². The van der Waals surface area contributed by atoms with E-state index < -0.39 is 0 Å². The van der Waals surface area contributed by atoms with Gasteiger partial charge in [0.05, 0.1) is 30.9 Å². The fraction of sp³-hybridized carbons (Fsp3) is 0.583. The summed E-state index contributed by atoms with van der Waals surface area (Å²) >= 11 is 0. The number of nitrogens with two attached hydrogens (primary N) is 1. The van der Waals surface area contributed by atoms with E-state index in [0.717, 1.165) is 37.1 Å². The number of ether oxygens (including phenoxy) is 1. The van der Waals surface area contributed by atoms with Gasteiger partial charge >= 0.3 is 0 Å². The van der Waals surface area contributed by atoms with Crippen LogP contribution in [0.2, 0.25) is 0 Å². The van der Waals surface area contributed by atoms with Crippen molar-refractivity contribution in [1.82, 2.24) is 20.2 Å². The molecular weight excluding hydrogens is 260 g/mol. The van der Waals surface area contributed by atoms with Gasteiger partial charge in [0.2, 0.25) is 5.95 Å². The van der Waals surface area contributed by atoms with Crippen LogP contribution in [0.3, 0.4) is 0 Å². The Morgan fingerprint density at radius 2 is 2.20 bits per heavy atom. The van der Waals surface area contributed by atoms with Gasteiger partial charge in [-0.2, -0.15) is 15.1 Å². The predicted molar refractivity (Wildman–Crippen MR) is 74.4 cm³/mol. The Balaban J connectivity index is 1.75. The van der Waals surface area contributed by atoms with Gasteiger partial charge in [-0.15, -0.1) is 0 Å². The summed E-state index contributed by atoms with van der Waals surface area (Å²) in [5.41, 5.74) is 6.39. The molecule has 1 aliphatic heterocycles. The molecule has 20 heavy (non-hydrogen) atoms. The van der Waals surface area contributed by atoms with Crippen molar-refractivity contribution in [3.8, 4) is 0 Å². The normalized spacial score (nSPS) is 16.9. The smallest absolute Gasteiger partial charge is 0.224 e. The highest BCUT2D eigenvalue weighted by molar-refractivity contribution is 5.87. The first-order chi connectivity index (χ1) is 9.78. The summed E-state index contributed by atoms with van der Waals surface area (Å²) in [6.45, 7) is 2.15. The molecule has 0 radical (unpaired) electrons. The van der Waals surface area contributed by atoms with Crippen molar-refractivity contribution in [1.29, 1.82) is 0 Å². The van der Waals surface area contributed by atoms with E-state index in [2.05, 4.69) is 25.1 Å². The maximum atomic E-state index is 8.78. The van der Waals surface area contributed by atoms with Crippen LogP contribution in [0.1, 0.15) is 12.8 Å². The Kier molecular flexibility index (Phi) is 3.66. The van der Waals surface area contributed by atoms with Crippen LogP contribution in [-0.2, 0) is 4.74 Å². The molecule has 108 valence electrons. The van der Waals surface area contributed by atoms with Crippen LogP contribution in [0.15, 0.2) is 6.20 Å². The van der Waals surface area contributed by atoms with Gasteiger partial charge in [0.15, 0.2) is 5.65 Å². The van der Waals surface area contributed by atoms with Crippen LogP contribution in [-0.4, -0.2) is 57.7 Å². The van der Waals surface area contributed by atoms with Gasteiger partial charge in [0, 0.05) is 13.1 Å². The third-order valence-electron chi connectivity index (χ3n) is 3.49. The molecule has 8 nitrogen and oxygen atoms in total. The van der Waals surface area contributed by atoms with E-state index in [4.69, 9.17) is 15.6 Å². The van der Waals surface area contributed by atoms with E-state index in [0.29, 0.717) is 12.3 Å². The van der Waals surface area contributed by atoms with Gasteiger partial charge in [0.25, 0.3) is 0 Å². The minimum atomic E-state index is 0.0678. The molecule has 0 unspecified atom stereocenters. The number of anilines is 2. The molecule has 0 atom stereocenters. The number of hydrogen-bond donors (Lipinski definition) is 3. The molecule has 3 heterocycles. The first kappa shape index (κ1) is 13.1. The quantitative estimate of drug-likeness (QED) is 0.716. The van der Waals surface area contributed by atoms with Crippen molar-refractivity contribution < 1.29 is 9.84 Å². The number of aliphatic hydroxyl groups excluding tert-OH is 1. The number of aromatic nitrogens is 4. The number of aromatic amines is 1. The first-order valence-corrected chi connectivity index (χ1v) is 6.72. The number of rotatable bonds is 4. The fourth-order valence-corrected chi connectivity index (χ4v) is 2.53. The van der Waals surface area contributed by atoms with E-state index in [1.807, 2.05) is 0 Å². The summed E-state index contributed by atoms with van der Waals surface area (Å²) in [4.78, 5) is 10.6.